The van der Waals surface area contributed by atoms with Gasteiger partial charge >= 0.3 is 6.09 Å². The van der Waals surface area contributed by atoms with Crippen molar-refractivity contribution in [1.82, 2.24) is 19.7 Å². The summed E-state index contributed by atoms with van der Waals surface area (Å²) in [7, 11) is 0. The Morgan fingerprint density at radius 1 is 1.26 bits per heavy atom. The maximum atomic E-state index is 12.3. The van der Waals surface area contributed by atoms with Crippen LogP contribution >= 0.6 is 0 Å². The number of carbonyl (C=O) groups excluding carboxylic acids is 2. The monoisotopic (exact) mass is 477 g/mol. The van der Waals surface area contributed by atoms with E-state index in [4.69, 9.17) is 11.5 Å². The lowest BCUT2D eigenvalue weighted by Gasteiger charge is -2.40. The smallest absolute Gasteiger partial charge is 0.409 e. The molecule has 12 heteroatoms. The number of piperidine rings is 1. The number of anilines is 2. The van der Waals surface area contributed by atoms with Crippen molar-refractivity contribution in [3.8, 4) is 0 Å². The summed E-state index contributed by atoms with van der Waals surface area (Å²) in [6.07, 6.45) is 4.10. The average molecular weight is 478 g/mol. The van der Waals surface area contributed by atoms with E-state index < -0.39 is 30.6 Å². The molecule has 10 nitrogen and oxygen atoms in total. The van der Waals surface area contributed by atoms with Crippen LogP contribution in [0.1, 0.15) is 54.1 Å². The molecule has 2 aromatic heterocycles. The van der Waals surface area contributed by atoms with Gasteiger partial charge in [-0.15, -0.1) is 0 Å². The summed E-state index contributed by atoms with van der Waals surface area (Å²) < 4.78 is 30.9. The Morgan fingerprint density at radius 2 is 2.00 bits per heavy atom. The van der Waals surface area contributed by atoms with Crippen LogP contribution in [0.2, 0.25) is 0 Å². The molecule has 0 unspecified atom stereocenters. The number of nitrogens with one attached hydrogen (secondary N) is 1. The average Bonchev–Trinajstić information content (AvgIpc) is 3.22. The fourth-order valence-electron chi connectivity index (χ4n) is 4.31. The molecule has 3 heterocycles. The van der Waals surface area contributed by atoms with Crippen molar-refractivity contribution in [3.63, 3.8) is 0 Å². The van der Waals surface area contributed by atoms with Crippen LogP contribution in [0.15, 0.2) is 24.5 Å². The highest BCUT2D eigenvalue weighted by molar-refractivity contribution is 5.98. The predicted molar refractivity (Wildman–Crippen MR) is 120 cm³/mol. The first-order valence-electron chi connectivity index (χ1n) is 11.3. The molecule has 2 aromatic rings. The van der Waals surface area contributed by atoms with Crippen LogP contribution in [0.3, 0.4) is 0 Å². The molecule has 0 atom stereocenters. The molecule has 1 saturated carbocycles. The van der Waals surface area contributed by atoms with Crippen LogP contribution in [0, 0.1) is 0 Å². The third-order valence-electron chi connectivity index (χ3n) is 6.70. The Balaban J connectivity index is 1.48. The van der Waals surface area contributed by atoms with Crippen LogP contribution in [-0.4, -0.2) is 64.3 Å². The molecular weight excluding hydrogens is 448 g/mol. The molecule has 2 aliphatic rings. The molecule has 1 saturated heterocycles. The van der Waals surface area contributed by atoms with Gasteiger partial charge in [0.15, 0.2) is 12.4 Å². The fourth-order valence-corrected chi connectivity index (χ4v) is 4.31. The zero-order valence-electron chi connectivity index (χ0n) is 18.8. The molecule has 1 aliphatic carbocycles. The van der Waals surface area contributed by atoms with Gasteiger partial charge in [0.25, 0.3) is 12.3 Å². The summed E-state index contributed by atoms with van der Waals surface area (Å²) in [6, 6.07) is 3.87. The molecule has 5 N–H and O–H groups in total. The van der Waals surface area contributed by atoms with Gasteiger partial charge in [-0.25, -0.2) is 13.6 Å². The van der Waals surface area contributed by atoms with Crippen molar-refractivity contribution in [2.24, 2.45) is 11.5 Å². The maximum Gasteiger partial charge on any atom is 0.409 e. The molecule has 34 heavy (non-hydrogen) atoms. The lowest BCUT2D eigenvalue weighted by molar-refractivity contribution is 0.0207. The summed E-state index contributed by atoms with van der Waals surface area (Å²) in [5.41, 5.74) is 13.0. The second kappa shape index (κ2) is 9.92. The van der Waals surface area contributed by atoms with Gasteiger partial charge in [-0.1, -0.05) is 6.42 Å². The van der Waals surface area contributed by atoms with Crippen molar-refractivity contribution in [2.45, 2.75) is 50.0 Å². The largest absolute Gasteiger partial charge is 0.443 e. The summed E-state index contributed by atoms with van der Waals surface area (Å²) in [4.78, 5) is 30.0. The van der Waals surface area contributed by atoms with E-state index >= 15 is 0 Å². The molecule has 0 aromatic carbocycles. The highest BCUT2D eigenvalue weighted by Gasteiger charge is 2.39. The highest BCUT2D eigenvalue weighted by atomic mass is 19.3. The van der Waals surface area contributed by atoms with Crippen molar-refractivity contribution < 1.29 is 23.1 Å². The van der Waals surface area contributed by atoms with Crippen molar-refractivity contribution in [2.75, 3.05) is 31.6 Å². The molecule has 184 valence electrons. The number of carbonyl (C=O) groups is 2. The Labute approximate surface area is 195 Å². The number of amides is 2. The quantitative estimate of drug-likeness (QED) is 0.530. The zero-order valence-corrected chi connectivity index (χ0v) is 18.8. The molecule has 2 fully saturated rings. The summed E-state index contributed by atoms with van der Waals surface area (Å²) in [6.45, 7) is -0.241. The Kier molecular flexibility index (Phi) is 6.96. The van der Waals surface area contributed by atoms with Crippen molar-refractivity contribution >= 4 is 23.5 Å². The maximum absolute atomic E-state index is 12.3. The first-order valence-corrected chi connectivity index (χ1v) is 11.3. The molecule has 4 rings (SSSR count). The molecule has 1 aliphatic heterocycles. The minimum absolute atomic E-state index is 0.198. The number of likely N-dealkylation sites (tertiary alicyclic amines) is 1. The zero-order chi connectivity index (χ0) is 24.3. The minimum atomic E-state index is -2.72. The Bertz CT molecular complexity index is 1020. The fraction of sp³-hybridized carbons (Fsp3) is 0.545. The first-order chi connectivity index (χ1) is 16.3. The van der Waals surface area contributed by atoms with E-state index in [1.165, 1.54) is 11.3 Å². The lowest BCUT2D eigenvalue weighted by atomic mass is 9.83. The van der Waals surface area contributed by atoms with Crippen LogP contribution in [0.4, 0.5) is 25.1 Å². The van der Waals surface area contributed by atoms with E-state index in [-0.39, 0.29) is 31.0 Å². The topological polar surface area (TPSA) is 141 Å². The van der Waals surface area contributed by atoms with Gasteiger partial charge < -0.3 is 26.4 Å². The van der Waals surface area contributed by atoms with Gasteiger partial charge in [0.05, 0.1) is 17.4 Å². The number of nitrogens with zero attached hydrogens (tertiary/aromatic N) is 4. The second-order valence-corrected chi connectivity index (χ2v) is 8.81. The number of aromatic nitrogens is 3. The van der Waals surface area contributed by atoms with Crippen molar-refractivity contribution in [3.05, 3.63) is 35.8 Å². The third kappa shape index (κ3) is 4.96. The molecule has 2 amide bonds. The Morgan fingerprint density at radius 3 is 2.53 bits per heavy atom. The standard InChI is InChI=1S/C22H29F2N7O3/c23-18(24)12-34-21(33)30-8-6-22(13-25,7-9-30)31-11-16(19(26)32)20(29-31)28-15-4-5-17(27-10-15)14-2-1-3-14/h4-5,10-11,14,18H,1-3,6-9,12-13,25H2,(H2,26,32)(H,28,29). The van der Waals surface area contributed by atoms with Crippen LogP contribution in [0.25, 0.3) is 0 Å². The number of alkyl halides is 2. The van der Waals surface area contributed by atoms with E-state index in [0.29, 0.717) is 24.4 Å². The highest BCUT2D eigenvalue weighted by Crippen LogP contribution is 2.36. The number of primary amides is 1. The number of pyridine rings is 1. The van der Waals surface area contributed by atoms with Gasteiger partial charge in [-0.05, 0) is 37.8 Å². The second-order valence-electron chi connectivity index (χ2n) is 8.81. The molecule has 0 spiro atoms. The number of ether oxygens (including phenoxy) is 1. The van der Waals surface area contributed by atoms with E-state index in [0.717, 1.165) is 18.5 Å². The first kappa shape index (κ1) is 23.9. The number of nitrogens with two attached hydrogens (primary N) is 2. The van der Waals surface area contributed by atoms with Gasteiger partial charge in [-0.2, -0.15) is 5.10 Å². The van der Waals surface area contributed by atoms with Gasteiger partial charge in [-0.3, -0.25) is 14.5 Å². The number of halogens is 2. The Hall–Kier alpha value is -3.28. The molecule has 0 bridgehead atoms. The van der Waals surface area contributed by atoms with Gasteiger partial charge in [0, 0.05) is 37.4 Å². The van der Waals surface area contributed by atoms with Crippen LogP contribution in [0.5, 0.6) is 0 Å². The number of hydrogen-bond donors (Lipinski definition) is 3. The molecular formula is C22H29F2N7O3. The van der Waals surface area contributed by atoms with Crippen molar-refractivity contribution in [1.29, 1.82) is 0 Å². The minimum Gasteiger partial charge on any atom is -0.443 e. The summed E-state index contributed by atoms with van der Waals surface area (Å²) >= 11 is 0. The summed E-state index contributed by atoms with van der Waals surface area (Å²) in [5, 5.41) is 7.69. The van der Waals surface area contributed by atoms with E-state index in [9.17, 15) is 18.4 Å². The lowest BCUT2D eigenvalue weighted by Crippen LogP contribution is -2.52. The van der Waals surface area contributed by atoms with E-state index in [2.05, 4.69) is 20.1 Å². The summed E-state index contributed by atoms with van der Waals surface area (Å²) in [5.74, 6) is 0.155. The van der Waals surface area contributed by atoms with Crippen LogP contribution < -0.4 is 16.8 Å². The van der Waals surface area contributed by atoms with Gasteiger partial charge in [0.1, 0.15) is 5.56 Å². The molecule has 0 radical (unpaired) electrons. The normalized spacial score (nSPS) is 17.9. The van der Waals surface area contributed by atoms with E-state index in [1.807, 2.05) is 12.1 Å². The number of hydrogen-bond acceptors (Lipinski definition) is 7. The SMILES string of the molecule is NCC1(n2cc(C(N)=O)c(Nc3ccc(C4CCC4)nc3)n2)CCN(C(=O)OCC(F)F)CC1. The van der Waals surface area contributed by atoms with E-state index in [1.54, 1.807) is 17.1 Å². The predicted octanol–water partition coefficient (Wildman–Crippen LogP) is 2.54. The van der Waals surface area contributed by atoms with Crippen LogP contribution in [-0.2, 0) is 10.3 Å². The number of rotatable bonds is 8. The third-order valence-corrected chi connectivity index (χ3v) is 6.70. The van der Waals surface area contributed by atoms with Gasteiger partial charge in [0.2, 0.25) is 0 Å².